The molecule has 0 unspecified atom stereocenters. The second kappa shape index (κ2) is 20.1. The third-order valence-electron chi connectivity index (χ3n) is 1.51. The van der Waals surface area contributed by atoms with Crippen molar-refractivity contribution in [3.63, 3.8) is 0 Å². The summed E-state index contributed by atoms with van der Waals surface area (Å²) in [5.41, 5.74) is 0. The Morgan fingerprint density at radius 3 is 1.88 bits per heavy atom. The van der Waals surface area contributed by atoms with E-state index in [1.807, 2.05) is 11.8 Å². The van der Waals surface area contributed by atoms with E-state index in [4.69, 9.17) is 0 Å². The summed E-state index contributed by atoms with van der Waals surface area (Å²) in [5.74, 6) is 1.25. The second-order valence-electron chi connectivity index (χ2n) is 2.52. The van der Waals surface area contributed by atoms with E-state index in [1.165, 1.54) is 23.5 Å². The van der Waals surface area contributed by atoms with Crippen LogP contribution in [0.3, 0.4) is 0 Å². The van der Waals surface area contributed by atoms with E-state index >= 15 is 0 Å². The van der Waals surface area contributed by atoms with Crippen molar-refractivity contribution in [3.05, 3.63) is 30.3 Å². The number of hydrogen-bond donors (Lipinski definition) is 0. The number of benzene rings is 1. The maximum absolute atomic E-state index is 2.23. The minimum absolute atomic E-state index is 0. The molecule has 0 nitrogen and oxygen atoms in total. The maximum Gasteiger partial charge on any atom is 0.00719 e. The van der Waals surface area contributed by atoms with Crippen molar-refractivity contribution in [1.29, 1.82) is 0 Å². The standard InChI is InChI=1S/C10H14S.ClH.4FH/c1-2-3-9-11-10-7-5-4-6-8-10;;;;;/h4-8H,2-3,9H2,1H3;5*1H. The first-order valence-corrected chi connectivity index (χ1v) is 5.10. The van der Waals surface area contributed by atoms with Gasteiger partial charge in [-0.3, -0.25) is 18.8 Å². The van der Waals surface area contributed by atoms with E-state index in [9.17, 15) is 0 Å². The summed E-state index contributed by atoms with van der Waals surface area (Å²) in [6.45, 7) is 2.23. The van der Waals surface area contributed by atoms with Crippen LogP contribution >= 0.6 is 24.2 Å². The van der Waals surface area contributed by atoms with Crippen LogP contribution in [0.15, 0.2) is 35.2 Å². The topological polar surface area (TPSA) is 0 Å². The summed E-state index contributed by atoms with van der Waals surface area (Å²) in [6.07, 6.45) is 2.61. The lowest BCUT2D eigenvalue weighted by molar-refractivity contribution is 0.896. The molecule has 0 amide bonds. The Morgan fingerprint density at radius 1 is 0.938 bits per heavy atom. The van der Waals surface area contributed by atoms with Gasteiger partial charge in [0.2, 0.25) is 0 Å². The highest BCUT2D eigenvalue weighted by molar-refractivity contribution is 7.99. The summed E-state index contributed by atoms with van der Waals surface area (Å²) in [7, 11) is 0. The lowest BCUT2D eigenvalue weighted by Crippen LogP contribution is -1.76. The highest BCUT2D eigenvalue weighted by atomic mass is 35.5. The van der Waals surface area contributed by atoms with Gasteiger partial charge in [-0.25, -0.2) is 0 Å². The van der Waals surface area contributed by atoms with Crippen LogP contribution in [0.25, 0.3) is 0 Å². The number of halogens is 5. The average Bonchev–Trinajstić information content (AvgIpc) is 2.07. The Balaban J connectivity index is -0.0000000807. The molecule has 0 aliphatic carbocycles. The number of rotatable bonds is 4. The van der Waals surface area contributed by atoms with Crippen LogP contribution in [0.2, 0.25) is 0 Å². The molecule has 1 aromatic rings. The highest BCUT2D eigenvalue weighted by Crippen LogP contribution is 2.17. The van der Waals surface area contributed by atoms with Crippen molar-refractivity contribution in [2.45, 2.75) is 24.7 Å². The lowest BCUT2D eigenvalue weighted by atomic mass is 10.4. The molecule has 6 heteroatoms. The minimum atomic E-state index is 0. The van der Waals surface area contributed by atoms with Crippen LogP contribution in [0.4, 0.5) is 18.8 Å². The van der Waals surface area contributed by atoms with Gasteiger partial charge in [-0.15, -0.1) is 24.2 Å². The van der Waals surface area contributed by atoms with Gasteiger partial charge in [0.15, 0.2) is 0 Å². The number of thioether (sulfide) groups is 1. The van der Waals surface area contributed by atoms with E-state index in [0.717, 1.165) is 0 Å². The zero-order valence-electron chi connectivity index (χ0n) is 8.96. The fourth-order valence-electron chi connectivity index (χ4n) is 0.851. The average molecular weight is 283 g/mol. The molecule has 0 N–H and O–H groups in total. The normalized spacial score (nSPS) is 6.81. The van der Waals surface area contributed by atoms with E-state index in [2.05, 4.69) is 37.3 Å². The molecule has 16 heavy (non-hydrogen) atoms. The molecule has 0 fully saturated rings. The van der Waals surface area contributed by atoms with Crippen molar-refractivity contribution in [3.8, 4) is 0 Å². The van der Waals surface area contributed by atoms with Crippen molar-refractivity contribution < 1.29 is 18.8 Å². The van der Waals surface area contributed by atoms with E-state index in [0.29, 0.717) is 0 Å². The number of unbranched alkanes of at least 4 members (excludes halogenated alkanes) is 1. The molecule has 0 aliphatic rings. The van der Waals surface area contributed by atoms with Crippen LogP contribution in [0.5, 0.6) is 0 Å². The van der Waals surface area contributed by atoms with Gasteiger partial charge in [0.05, 0.1) is 0 Å². The van der Waals surface area contributed by atoms with Crippen molar-refractivity contribution in [1.82, 2.24) is 0 Å². The largest absolute Gasteiger partial charge is 0.269 e. The molecule has 0 saturated heterocycles. The molecule has 0 spiro atoms. The molecular weight excluding hydrogens is 264 g/mol. The Hall–Kier alpha value is -0.420. The van der Waals surface area contributed by atoms with Crippen LogP contribution in [-0.4, -0.2) is 5.75 Å². The predicted molar refractivity (Wildman–Crippen MR) is 69.3 cm³/mol. The molecule has 0 radical (unpaired) electrons. The lowest BCUT2D eigenvalue weighted by Gasteiger charge is -1.98. The Bertz CT molecular complexity index is 199. The Morgan fingerprint density at radius 2 is 1.44 bits per heavy atom. The highest BCUT2D eigenvalue weighted by Gasteiger charge is 1.89. The minimum Gasteiger partial charge on any atom is -0.269 e. The molecule has 0 aromatic heterocycles. The molecule has 1 aromatic carbocycles. The monoisotopic (exact) mass is 282 g/mol. The smallest absolute Gasteiger partial charge is 0.00719 e. The molecule has 0 heterocycles. The molecule has 0 bridgehead atoms. The van der Waals surface area contributed by atoms with Crippen LogP contribution < -0.4 is 0 Å². The summed E-state index contributed by atoms with van der Waals surface area (Å²) in [4.78, 5) is 1.39. The summed E-state index contributed by atoms with van der Waals surface area (Å²) in [5, 5.41) is 0. The zero-order valence-corrected chi connectivity index (χ0v) is 10.6. The van der Waals surface area contributed by atoms with Crippen molar-refractivity contribution >= 4 is 24.2 Å². The van der Waals surface area contributed by atoms with Crippen LogP contribution in [0.1, 0.15) is 19.8 Å². The van der Waals surface area contributed by atoms with E-state index in [-0.39, 0.29) is 31.2 Å². The van der Waals surface area contributed by atoms with Gasteiger partial charge in [0.1, 0.15) is 0 Å². The Kier molecular flexibility index (Phi) is 37.1. The van der Waals surface area contributed by atoms with Gasteiger partial charge in [0.25, 0.3) is 0 Å². The molecule has 0 saturated carbocycles. The zero-order chi connectivity index (χ0) is 7.94. The van der Waals surface area contributed by atoms with Crippen molar-refractivity contribution in [2.75, 3.05) is 5.75 Å². The van der Waals surface area contributed by atoms with E-state index < -0.39 is 0 Å². The molecule has 0 aliphatic heterocycles. The van der Waals surface area contributed by atoms with Gasteiger partial charge < -0.3 is 0 Å². The third kappa shape index (κ3) is 13.6. The first-order valence-electron chi connectivity index (χ1n) is 4.11. The summed E-state index contributed by atoms with van der Waals surface area (Å²) < 4.78 is 0. The van der Waals surface area contributed by atoms with Gasteiger partial charge in [-0.05, 0) is 24.3 Å². The first kappa shape index (κ1) is 29.6. The maximum atomic E-state index is 2.23. The van der Waals surface area contributed by atoms with Gasteiger partial charge in [-0.2, -0.15) is 0 Å². The van der Waals surface area contributed by atoms with Gasteiger partial charge >= 0.3 is 0 Å². The van der Waals surface area contributed by atoms with E-state index in [1.54, 1.807) is 0 Å². The van der Waals surface area contributed by atoms with Gasteiger partial charge in [-0.1, -0.05) is 31.5 Å². The third-order valence-corrected chi connectivity index (χ3v) is 2.61. The van der Waals surface area contributed by atoms with Crippen LogP contribution in [0, 0.1) is 0 Å². The molecule has 0 atom stereocenters. The van der Waals surface area contributed by atoms with Crippen LogP contribution in [-0.2, 0) is 0 Å². The molecular formula is C10H19ClF4S. The summed E-state index contributed by atoms with van der Waals surface area (Å²) in [6, 6.07) is 10.6. The predicted octanol–water partition coefficient (Wildman–Crippen LogP) is 4.61. The Labute approximate surface area is 104 Å². The molecule has 100 valence electrons. The number of hydrogen-bond acceptors (Lipinski definition) is 1. The summed E-state index contributed by atoms with van der Waals surface area (Å²) >= 11 is 1.94. The van der Waals surface area contributed by atoms with Crippen molar-refractivity contribution in [2.24, 2.45) is 0 Å². The SMILES string of the molecule is CCCCSc1ccccc1.Cl.F.F.F.F. The molecule has 1 rings (SSSR count). The first-order chi connectivity index (χ1) is 5.43. The fraction of sp³-hybridized carbons (Fsp3) is 0.400. The fourth-order valence-corrected chi connectivity index (χ4v) is 1.87. The second-order valence-corrected chi connectivity index (χ2v) is 3.68. The quantitative estimate of drug-likeness (QED) is 0.441. The van der Waals surface area contributed by atoms with Gasteiger partial charge in [0, 0.05) is 4.90 Å².